The summed E-state index contributed by atoms with van der Waals surface area (Å²) in [7, 11) is -2.25. The number of hydrogen-bond donors (Lipinski definition) is 1. The molecular formula is C20H22FN5O3S. The molecule has 2 heterocycles. The van der Waals surface area contributed by atoms with Crippen LogP contribution in [0, 0.1) is 5.82 Å². The van der Waals surface area contributed by atoms with Crippen LogP contribution in [0.4, 0.5) is 10.2 Å². The number of aryl methyl sites for hydroxylation is 1. The first-order valence-electron chi connectivity index (χ1n) is 9.54. The minimum atomic E-state index is -4.14. The summed E-state index contributed by atoms with van der Waals surface area (Å²) in [4.78, 5) is 7.04. The summed E-state index contributed by atoms with van der Waals surface area (Å²) in [6.07, 6.45) is 7.06. The molecule has 8 nitrogen and oxygen atoms in total. The number of nitrogens with zero attached hydrogens (tertiary/aromatic N) is 4. The quantitative estimate of drug-likeness (QED) is 0.643. The van der Waals surface area contributed by atoms with Gasteiger partial charge < -0.3 is 4.74 Å². The first kappa shape index (κ1) is 20.3. The van der Waals surface area contributed by atoms with Crippen molar-refractivity contribution in [1.29, 1.82) is 0 Å². The third kappa shape index (κ3) is 3.87. The van der Waals surface area contributed by atoms with Crippen LogP contribution in [0.1, 0.15) is 37.8 Å². The topological polar surface area (TPSA) is 99.0 Å². The van der Waals surface area contributed by atoms with E-state index in [1.165, 1.54) is 30.7 Å². The van der Waals surface area contributed by atoms with E-state index in [2.05, 4.69) is 19.8 Å². The minimum Gasteiger partial charge on any atom is -0.487 e. The van der Waals surface area contributed by atoms with E-state index in [0.717, 1.165) is 31.0 Å². The predicted octanol–water partition coefficient (Wildman–Crippen LogP) is 3.26. The minimum absolute atomic E-state index is 0.0576. The number of hydrogen-bond acceptors (Lipinski definition) is 6. The van der Waals surface area contributed by atoms with Gasteiger partial charge in [0.05, 0.1) is 0 Å². The Kier molecular flexibility index (Phi) is 5.19. The van der Waals surface area contributed by atoms with Gasteiger partial charge in [0.15, 0.2) is 0 Å². The van der Waals surface area contributed by atoms with Crippen molar-refractivity contribution >= 4 is 15.8 Å². The molecule has 1 saturated carbocycles. The lowest BCUT2D eigenvalue weighted by Gasteiger charge is -2.32. The first-order chi connectivity index (χ1) is 14.3. The molecule has 0 radical (unpaired) electrons. The predicted molar refractivity (Wildman–Crippen MR) is 108 cm³/mol. The Morgan fingerprint density at radius 3 is 2.77 bits per heavy atom. The van der Waals surface area contributed by atoms with Gasteiger partial charge in [0.1, 0.15) is 34.2 Å². The number of nitrogens with one attached hydrogen (secondary N) is 1. The molecule has 0 aliphatic heterocycles. The van der Waals surface area contributed by atoms with Crippen molar-refractivity contribution in [2.75, 3.05) is 4.72 Å². The number of halogens is 1. The van der Waals surface area contributed by atoms with Crippen molar-refractivity contribution < 1.29 is 17.5 Å². The van der Waals surface area contributed by atoms with Gasteiger partial charge >= 0.3 is 0 Å². The highest BCUT2D eigenvalue weighted by Crippen LogP contribution is 2.45. The fourth-order valence-corrected chi connectivity index (χ4v) is 5.09. The van der Waals surface area contributed by atoms with Gasteiger partial charge in [-0.2, -0.15) is 5.10 Å². The molecule has 158 valence electrons. The van der Waals surface area contributed by atoms with Crippen molar-refractivity contribution in [2.45, 2.75) is 42.6 Å². The summed E-state index contributed by atoms with van der Waals surface area (Å²) in [5.41, 5.74) is 0.517. The van der Waals surface area contributed by atoms with E-state index in [1.54, 1.807) is 6.20 Å². The maximum Gasteiger partial charge on any atom is 0.265 e. The van der Waals surface area contributed by atoms with E-state index < -0.39 is 26.3 Å². The fraction of sp³-hybridized carbons (Fsp3) is 0.350. The zero-order chi connectivity index (χ0) is 21.4. The summed E-state index contributed by atoms with van der Waals surface area (Å²) < 4.78 is 50.1. The maximum atomic E-state index is 14.7. The molecule has 1 aromatic carbocycles. The third-order valence-corrected chi connectivity index (χ3v) is 6.87. The summed E-state index contributed by atoms with van der Waals surface area (Å²) >= 11 is 0. The molecular weight excluding hydrogens is 409 g/mol. The van der Waals surface area contributed by atoms with Gasteiger partial charge in [0.25, 0.3) is 10.0 Å². The van der Waals surface area contributed by atoms with Crippen LogP contribution in [-0.4, -0.2) is 33.8 Å². The number of anilines is 1. The lowest BCUT2D eigenvalue weighted by molar-refractivity contribution is 0.0748. The fourth-order valence-electron chi connectivity index (χ4n) is 4.02. The lowest BCUT2D eigenvalue weighted by atomic mass is 9.89. The average Bonchev–Trinajstić information content (AvgIpc) is 3.27. The van der Waals surface area contributed by atoms with Crippen molar-refractivity contribution in [3.63, 3.8) is 0 Å². The smallest absolute Gasteiger partial charge is 0.265 e. The molecule has 0 spiro atoms. The van der Waals surface area contributed by atoms with E-state index in [4.69, 9.17) is 4.74 Å². The first-order valence-corrected chi connectivity index (χ1v) is 11.0. The van der Waals surface area contributed by atoms with Gasteiger partial charge in [-0.3, -0.25) is 9.40 Å². The average molecular weight is 431 g/mol. The van der Waals surface area contributed by atoms with Crippen molar-refractivity contribution in [1.82, 2.24) is 19.7 Å². The molecule has 1 aliphatic rings. The van der Waals surface area contributed by atoms with Crippen LogP contribution in [0.3, 0.4) is 0 Å². The molecule has 0 unspecified atom stereocenters. The van der Waals surface area contributed by atoms with Crippen LogP contribution in [0.15, 0.2) is 53.9 Å². The Hall–Kier alpha value is -3.01. The standard InChI is InChI=1S/C20H22FN5O3S/c1-20(9-3-4-15(20)17-7-11-24-26(17)2)29-14-5-6-18(16(21)12-14)30(27,28)25-19-8-10-22-13-23-19/h5-8,10-13,15H,3-4,9H2,1-2H3,(H,22,23,25)/t15-,20-/m1/s1. The van der Waals surface area contributed by atoms with Crippen LogP contribution < -0.4 is 9.46 Å². The normalized spacial score (nSPS) is 21.5. The van der Waals surface area contributed by atoms with Crippen LogP contribution in [0.2, 0.25) is 0 Å². The lowest BCUT2D eigenvalue weighted by Crippen LogP contribution is -2.36. The Labute approximate surface area is 174 Å². The van der Waals surface area contributed by atoms with Gasteiger partial charge in [-0.25, -0.2) is 22.8 Å². The number of rotatable bonds is 6. The van der Waals surface area contributed by atoms with E-state index >= 15 is 0 Å². The largest absolute Gasteiger partial charge is 0.487 e. The highest BCUT2D eigenvalue weighted by Gasteiger charge is 2.43. The Bertz CT molecular complexity index is 1150. The van der Waals surface area contributed by atoms with E-state index in [1.807, 2.05) is 24.7 Å². The van der Waals surface area contributed by atoms with E-state index in [-0.39, 0.29) is 17.5 Å². The molecule has 0 saturated heterocycles. The van der Waals surface area contributed by atoms with Crippen LogP contribution >= 0.6 is 0 Å². The van der Waals surface area contributed by atoms with Crippen LogP contribution in [0.5, 0.6) is 5.75 Å². The van der Waals surface area contributed by atoms with E-state index in [9.17, 15) is 12.8 Å². The second-order valence-corrected chi connectivity index (χ2v) is 9.18. The Balaban J connectivity index is 1.57. The van der Waals surface area contributed by atoms with Crippen LogP contribution in [0.25, 0.3) is 0 Å². The Morgan fingerprint density at radius 1 is 1.27 bits per heavy atom. The molecule has 0 amide bonds. The van der Waals surface area contributed by atoms with Gasteiger partial charge in [-0.05, 0) is 50.5 Å². The zero-order valence-electron chi connectivity index (χ0n) is 16.6. The van der Waals surface area contributed by atoms with E-state index in [0.29, 0.717) is 0 Å². The van der Waals surface area contributed by atoms with Gasteiger partial charge in [0, 0.05) is 37.1 Å². The number of aromatic nitrogens is 4. The molecule has 4 rings (SSSR count). The maximum absolute atomic E-state index is 14.7. The summed E-state index contributed by atoms with van der Waals surface area (Å²) in [5.74, 6) is -0.448. The summed E-state index contributed by atoms with van der Waals surface area (Å²) in [6.45, 7) is 2.00. The number of sulfonamides is 1. The third-order valence-electron chi connectivity index (χ3n) is 5.48. The second kappa shape index (κ2) is 7.67. The highest BCUT2D eigenvalue weighted by atomic mass is 32.2. The van der Waals surface area contributed by atoms with Gasteiger partial charge in [-0.15, -0.1) is 0 Å². The Morgan fingerprint density at radius 2 is 2.10 bits per heavy atom. The molecule has 30 heavy (non-hydrogen) atoms. The van der Waals surface area contributed by atoms with Crippen molar-refractivity contribution in [3.8, 4) is 5.75 Å². The van der Waals surface area contributed by atoms with Gasteiger partial charge in [0.2, 0.25) is 0 Å². The molecule has 2 aromatic heterocycles. The molecule has 3 aromatic rings. The number of benzene rings is 1. The summed E-state index contributed by atoms with van der Waals surface area (Å²) in [6, 6.07) is 7.13. The molecule has 1 N–H and O–H groups in total. The van der Waals surface area contributed by atoms with Crippen molar-refractivity contribution in [2.24, 2.45) is 7.05 Å². The van der Waals surface area contributed by atoms with Crippen molar-refractivity contribution in [3.05, 3.63) is 60.6 Å². The molecule has 2 atom stereocenters. The second-order valence-electron chi connectivity index (χ2n) is 7.53. The van der Waals surface area contributed by atoms with Gasteiger partial charge in [-0.1, -0.05) is 0 Å². The summed E-state index contributed by atoms with van der Waals surface area (Å²) in [5, 5.41) is 4.24. The zero-order valence-corrected chi connectivity index (χ0v) is 17.4. The number of ether oxygens (including phenoxy) is 1. The molecule has 10 heteroatoms. The highest BCUT2D eigenvalue weighted by molar-refractivity contribution is 7.92. The molecule has 1 aliphatic carbocycles. The molecule has 1 fully saturated rings. The van der Waals surface area contributed by atoms with Crippen LogP contribution in [-0.2, 0) is 17.1 Å². The SMILES string of the molecule is Cn1nccc1[C@H]1CCC[C@@]1(C)Oc1ccc(S(=O)(=O)Nc2ccncn2)c(F)c1. The monoisotopic (exact) mass is 431 g/mol. The molecule has 0 bridgehead atoms.